The number of hydrogen-bond donors (Lipinski definition) is 0. The van der Waals surface area contributed by atoms with Crippen molar-refractivity contribution in [2.75, 3.05) is 6.61 Å². The number of fused-ring (bicyclic) bond motifs is 5. The first-order chi connectivity index (χ1) is 13.9. The maximum Gasteiger partial charge on any atom is 0.132 e. The van der Waals surface area contributed by atoms with Crippen molar-refractivity contribution in [2.24, 2.45) is 0 Å². The van der Waals surface area contributed by atoms with E-state index in [1.807, 2.05) is 0 Å². The summed E-state index contributed by atoms with van der Waals surface area (Å²) >= 11 is 0. The number of rotatable bonds is 2. The Kier molecular flexibility index (Phi) is 3.33. The van der Waals surface area contributed by atoms with E-state index in [1.54, 1.807) is 0 Å². The molecule has 28 heavy (non-hydrogen) atoms. The molecule has 4 aromatic carbocycles. The number of aromatic nitrogens is 1. The Balaban J connectivity index is 1.67. The number of benzene rings is 4. The van der Waals surface area contributed by atoms with Crippen molar-refractivity contribution < 1.29 is 4.74 Å². The standard InChI is InChI=1S/C26H19NO/c1-2-7-18(8-3-1)20-9-6-10-21(17-20)27-23-12-5-4-11-22(23)25-24(27)14-13-19-15-16-28-26(19)25/h1-14,17H,15-16H2. The van der Waals surface area contributed by atoms with Crippen LogP contribution in [0.25, 0.3) is 38.6 Å². The summed E-state index contributed by atoms with van der Waals surface area (Å²) in [6.07, 6.45) is 0.994. The predicted octanol–water partition coefficient (Wildman–Crippen LogP) is 6.39. The molecule has 0 spiro atoms. The van der Waals surface area contributed by atoms with Crippen molar-refractivity contribution in [2.45, 2.75) is 6.42 Å². The molecule has 1 aliphatic heterocycles. The van der Waals surface area contributed by atoms with Gasteiger partial charge in [0.15, 0.2) is 0 Å². The fourth-order valence-electron chi connectivity index (χ4n) is 4.43. The van der Waals surface area contributed by atoms with Crippen LogP contribution in [-0.4, -0.2) is 11.2 Å². The minimum atomic E-state index is 0.775. The Morgan fingerprint density at radius 1 is 0.679 bits per heavy atom. The molecule has 2 heteroatoms. The molecule has 0 fully saturated rings. The molecule has 0 saturated carbocycles. The zero-order chi connectivity index (χ0) is 18.5. The molecule has 0 radical (unpaired) electrons. The van der Waals surface area contributed by atoms with E-state index in [1.165, 1.54) is 44.2 Å². The van der Waals surface area contributed by atoms with E-state index in [4.69, 9.17) is 4.74 Å². The molecule has 1 aromatic heterocycles. The first kappa shape index (κ1) is 15.5. The first-order valence-corrected chi connectivity index (χ1v) is 9.74. The third-order valence-electron chi connectivity index (χ3n) is 5.70. The Morgan fingerprint density at radius 2 is 1.50 bits per heavy atom. The molecule has 0 amide bonds. The van der Waals surface area contributed by atoms with Gasteiger partial charge in [0.25, 0.3) is 0 Å². The van der Waals surface area contributed by atoms with Gasteiger partial charge in [-0.05, 0) is 41.0 Å². The van der Waals surface area contributed by atoms with E-state index in [0.717, 1.165) is 18.8 Å². The fraction of sp³-hybridized carbons (Fsp3) is 0.0769. The van der Waals surface area contributed by atoms with Gasteiger partial charge in [-0.2, -0.15) is 0 Å². The van der Waals surface area contributed by atoms with Crippen LogP contribution < -0.4 is 4.74 Å². The maximum absolute atomic E-state index is 6.05. The van der Waals surface area contributed by atoms with Crippen molar-refractivity contribution >= 4 is 21.8 Å². The lowest BCUT2D eigenvalue weighted by molar-refractivity contribution is 0.360. The van der Waals surface area contributed by atoms with Crippen LogP contribution in [0.3, 0.4) is 0 Å². The lowest BCUT2D eigenvalue weighted by Crippen LogP contribution is -1.94. The third kappa shape index (κ3) is 2.21. The fourth-order valence-corrected chi connectivity index (χ4v) is 4.43. The van der Waals surface area contributed by atoms with Crippen LogP contribution >= 0.6 is 0 Å². The van der Waals surface area contributed by atoms with Crippen LogP contribution in [0, 0.1) is 0 Å². The van der Waals surface area contributed by atoms with E-state index in [2.05, 4.69) is 95.6 Å². The van der Waals surface area contributed by atoms with E-state index in [9.17, 15) is 0 Å². The summed E-state index contributed by atoms with van der Waals surface area (Å²) in [6, 6.07) is 32.4. The number of hydrogen-bond acceptors (Lipinski definition) is 1. The van der Waals surface area contributed by atoms with Gasteiger partial charge in [0.05, 0.1) is 23.0 Å². The average Bonchev–Trinajstić information content (AvgIpc) is 3.36. The van der Waals surface area contributed by atoms with Crippen molar-refractivity contribution in [3.05, 3.63) is 96.6 Å². The average molecular weight is 361 g/mol. The number of para-hydroxylation sites is 1. The molecule has 2 nitrogen and oxygen atoms in total. The molecule has 0 N–H and O–H groups in total. The largest absolute Gasteiger partial charge is 0.492 e. The molecule has 6 rings (SSSR count). The molecule has 0 bridgehead atoms. The first-order valence-electron chi connectivity index (χ1n) is 9.74. The topological polar surface area (TPSA) is 14.2 Å². The molecule has 0 atom stereocenters. The summed E-state index contributed by atoms with van der Waals surface area (Å²) in [5, 5.41) is 2.48. The third-order valence-corrected chi connectivity index (χ3v) is 5.70. The van der Waals surface area contributed by atoms with Gasteiger partial charge in [-0.3, -0.25) is 0 Å². The van der Waals surface area contributed by atoms with Gasteiger partial charge < -0.3 is 9.30 Å². The van der Waals surface area contributed by atoms with Gasteiger partial charge in [-0.15, -0.1) is 0 Å². The summed E-state index contributed by atoms with van der Waals surface area (Å²) in [6.45, 7) is 0.775. The van der Waals surface area contributed by atoms with Gasteiger partial charge in [0.2, 0.25) is 0 Å². The number of ether oxygens (including phenoxy) is 1. The molecule has 2 heterocycles. The summed E-state index contributed by atoms with van der Waals surface area (Å²) in [5.74, 6) is 1.06. The van der Waals surface area contributed by atoms with Gasteiger partial charge in [0, 0.05) is 17.5 Å². The molecule has 0 aliphatic carbocycles. The van der Waals surface area contributed by atoms with Crippen molar-refractivity contribution in [1.82, 2.24) is 4.57 Å². The van der Waals surface area contributed by atoms with Crippen LogP contribution in [0.2, 0.25) is 0 Å². The molecular weight excluding hydrogens is 342 g/mol. The highest BCUT2D eigenvalue weighted by Crippen LogP contribution is 2.41. The highest BCUT2D eigenvalue weighted by molar-refractivity contribution is 6.13. The second-order valence-electron chi connectivity index (χ2n) is 7.32. The van der Waals surface area contributed by atoms with Crippen LogP contribution in [0.4, 0.5) is 0 Å². The van der Waals surface area contributed by atoms with Crippen LogP contribution in [0.15, 0.2) is 91.0 Å². The minimum absolute atomic E-state index is 0.775. The molecule has 134 valence electrons. The Hall–Kier alpha value is -3.52. The van der Waals surface area contributed by atoms with Crippen LogP contribution in [0.5, 0.6) is 5.75 Å². The van der Waals surface area contributed by atoms with E-state index in [-0.39, 0.29) is 0 Å². The zero-order valence-corrected chi connectivity index (χ0v) is 15.4. The lowest BCUT2D eigenvalue weighted by atomic mass is 10.1. The summed E-state index contributed by atoms with van der Waals surface area (Å²) in [5.41, 5.74) is 7.35. The summed E-state index contributed by atoms with van der Waals surface area (Å²) < 4.78 is 8.41. The Morgan fingerprint density at radius 3 is 2.43 bits per heavy atom. The van der Waals surface area contributed by atoms with Gasteiger partial charge in [-0.1, -0.05) is 66.7 Å². The Labute approximate surface area is 163 Å². The molecule has 0 saturated heterocycles. The number of nitrogens with zero attached hydrogens (tertiary/aromatic N) is 1. The summed E-state index contributed by atoms with van der Waals surface area (Å²) in [4.78, 5) is 0. The minimum Gasteiger partial charge on any atom is -0.492 e. The molecule has 0 unspecified atom stereocenters. The SMILES string of the molecule is c1ccc(-c2cccc(-n3c4ccccc4c4c5c(ccc43)CCO5)c2)cc1. The van der Waals surface area contributed by atoms with E-state index in [0.29, 0.717) is 0 Å². The smallest absolute Gasteiger partial charge is 0.132 e. The highest BCUT2D eigenvalue weighted by atomic mass is 16.5. The summed E-state index contributed by atoms with van der Waals surface area (Å²) in [7, 11) is 0. The second-order valence-corrected chi connectivity index (χ2v) is 7.32. The lowest BCUT2D eigenvalue weighted by Gasteiger charge is -2.10. The van der Waals surface area contributed by atoms with Gasteiger partial charge in [-0.25, -0.2) is 0 Å². The monoisotopic (exact) mass is 361 g/mol. The predicted molar refractivity (Wildman–Crippen MR) is 115 cm³/mol. The van der Waals surface area contributed by atoms with Gasteiger partial charge in [0.1, 0.15) is 5.75 Å². The Bertz CT molecular complexity index is 1330. The van der Waals surface area contributed by atoms with Crippen LogP contribution in [-0.2, 0) is 6.42 Å². The highest BCUT2D eigenvalue weighted by Gasteiger charge is 2.21. The maximum atomic E-state index is 6.05. The molecule has 5 aromatic rings. The van der Waals surface area contributed by atoms with E-state index >= 15 is 0 Å². The van der Waals surface area contributed by atoms with Crippen molar-refractivity contribution in [1.29, 1.82) is 0 Å². The van der Waals surface area contributed by atoms with E-state index < -0.39 is 0 Å². The van der Waals surface area contributed by atoms with Gasteiger partial charge >= 0.3 is 0 Å². The molecular formula is C26H19NO. The van der Waals surface area contributed by atoms with Crippen molar-refractivity contribution in [3.63, 3.8) is 0 Å². The van der Waals surface area contributed by atoms with Crippen molar-refractivity contribution in [3.8, 4) is 22.6 Å². The van der Waals surface area contributed by atoms with Crippen LogP contribution in [0.1, 0.15) is 5.56 Å². The zero-order valence-electron chi connectivity index (χ0n) is 15.4. The second kappa shape index (κ2) is 6.00. The quantitative estimate of drug-likeness (QED) is 0.355. The molecule has 1 aliphatic rings. The normalized spacial score (nSPS) is 13.0.